The maximum atomic E-state index is 12.4. The van der Waals surface area contributed by atoms with E-state index in [2.05, 4.69) is 110 Å². The molecule has 0 saturated heterocycles. The van der Waals surface area contributed by atoms with Crippen LogP contribution in [0.4, 0.5) is 0 Å². The van der Waals surface area contributed by atoms with Gasteiger partial charge in [-0.3, -0.25) is 18.6 Å². The van der Waals surface area contributed by atoms with Gasteiger partial charge >= 0.3 is 19.8 Å². The number of hydrogen-bond donors (Lipinski definition) is 1. The molecule has 0 amide bonds. The third-order valence-electron chi connectivity index (χ3n) is 7.05. The Balaban J connectivity index is 4.28. The molecule has 0 aromatic rings. The van der Waals surface area contributed by atoms with Crippen LogP contribution in [0.2, 0.25) is 0 Å². The highest BCUT2D eigenvalue weighted by Gasteiger charge is 2.24. The molecule has 9 heteroatoms. The number of hydrogen-bond acceptors (Lipinski definition) is 7. The zero-order valence-electron chi connectivity index (χ0n) is 31.4. The van der Waals surface area contributed by atoms with Crippen LogP contribution in [-0.2, 0) is 32.7 Å². The summed E-state index contributed by atoms with van der Waals surface area (Å²) in [6.07, 6.45) is 50.2. The maximum absolute atomic E-state index is 12.4. The Kier molecular flexibility index (Phi) is 34.1. The summed E-state index contributed by atoms with van der Waals surface area (Å²) in [5.41, 5.74) is 0. The SMILES string of the molecule is CC/C=C\C/C=C\C/C=C\C/C=C\C/C=C\CC(=O)OC(COC(=O)CCCCCC/C=C\C/C=C\C/C=C\C/C=C\CC)COP(=O)(O)OC. The van der Waals surface area contributed by atoms with E-state index >= 15 is 0 Å². The Morgan fingerprint density at radius 3 is 1.47 bits per heavy atom. The largest absolute Gasteiger partial charge is 0.472 e. The number of ether oxygens (including phenoxy) is 2. The molecule has 0 radical (unpaired) electrons. The van der Waals surface area contributed by atoms with Crippen molar-refractivity contribution in [3.8, 4) is 0 Å². The average Bonchev–Trinajstić information content (AvgIpc) is 3.12. The van der Waals surface area contributed by atoms with Crippen molar-refractivity contribution in [3.63, 3.8) is 0 Å². The monoisotopic (exact) mass is 728 g/mol. The lowest BCUT2D eigenvalue weighted by molar-refractivity contribution is -0.160. The van der Waals surface area contributed by atoms with Gasteiger partial charge in [-0.15, -0.1) is 0 Å². The molecular weight excluding hydrogens is 663 g/mol. The molecule has 0 aliphatic heterocycles. The molecule has 0 aliphatic rings. The van der Waals surface area contributed by atoms with Crippen LogP contribution >= 0.6 is 7.82 Å². The van der Waals surface area contributed by atoms with Crippen molar-refractivity contribution in [1.29, 1.82) is 0 Å². The van der Waals surface area contributed by atoms with E-state index < -0.39 is 32.5 Å². The van der Waals surface area contributed by atoms with Crippen LogP contribution in [0.1, 0.15) is 117 Å². The maximum Gasteiger partial charge on any atom is 0.472 e. The second-order valence-corrected chi connectivity index (χ2v) is 13.2. The van der Waals surface area contributed by atoms with Gasteiger partial charge in [0.25, 0.3) is 0 Å². The summed E-state index contributed by atoms with van der Waals surface area (Å²) in [5, 5.41) is 0. The zero-order valence-corrected chi connectivity index (χ0v) is 32.3. The van der Waals surface area contributed by atoms with Crippen LogP contribution in [0.15, 0.2) is 109 Å². The molecule has 0 aromatic carbocycles. The number of unbranched alkanes of at least 4 members (excludes halogenated alkanes) is 4. The van der Waals surface area contributed by atoms with Crippen molar-refractivity contribution in [1.82, 2.24) is 0 Å². The van der Waals surface area contributed by atoms with E-state index in [0.717, 1.165) is 84.2 Å². The first kappa shape index (κ1) is 47.7. The summed E-state index contributed by atoms with van der Waals surface area (Å²) in [6.45, 7) is 3.52. The van der Waals surface area contributed by atoms with Gasteiger partial charge in [0.05, 0.1) is 13.0 Å². The molecule has 0 aromatic heterocycles. The quantitative estimate of drug-likeness (QED) is 0.0316. The Labute approximate surface area is 309 Å². The summed E-state index contributed by atoms with van der Waals surface area (Å²) < 4.78 is 31.7. The Morgan fingerprint density at radius 2 is 1.00 bits per heavy atom. The second-order valence-electron chi connectivity index (χ2n) is 11.6. The lowest BCUT2D eigenvalue weighted by Crippen LogP contribution is -2.29. The van der Waals surface area contributed by atoms with Crippen molar-refractivity contribution < 1.29 is 37.6 Å². The van der Waals surface area contributed by atoms with Crippen molar-refractivity contribution in [3.05, 3.63) is 109 Å². The van der Waals surface area contributed by atoms with Gasteiger partial charge in [-0.05, 0) is 77.0 Å². The van der Waals surface area contributed by atoms with E-state index in [-0.39, 0.29) is 19.4 Å². The van der Waals surface area contributed by atoms with Crippen molar-refractivity contribution in [2.75, 3.05) is 20.3 Å². The molecule has 0 heterocycles. The van der Waals surface area contributed by atoms with Crippen LogP contribution in [0.5, 0.6) is 0 Å². The molecule has 286 valence electrons. The van der Waals surface area contributed by atoms with Crippen LogP contribution in [0.3, 0.4) is 0 Å². The van der Waals surface area contributed by atoms with Crippen molar-refractivity contribution >= 4 is 19.8 Å². The number of esters is 2. The standard InChI is InChI=1S/C42H65O8P/c1-4-6-8-10-12-14-16-18-20-21-23-24-26-28-30-32-34-36-41(43)48-38-40(39-49-51(45,46)47-3)50-42(44)37-35-33-31-29-27-25-22-19-17-15-13-11-9-7-5-2/h6-9,12-15,18-20,22-24,27,29,33,35,40H,4-5,10-11,16-17,21,25-26,28,30-32,34,36-39H2,1-3H3,(H,45,46)/b8-6-,9-7-,14-12-,15-13-,20-18-,22-19-,24-23-,29-27-,35-33-. The molecule has 0 spiro atoms. The Bertz CT molecular complexity index is 1190. The topological polar surface area (TPSA) is 108 Å². The molecular formula is C42H65O8P. The van der Waals surface area contributed by atoms with Gasteiger partial charge in [0.1, 0.15) is 6.61 Å². The minimum atomic E-state index is -4.30. The summed E-state index contributed by atoms with van der Waals surface area (Å²) in [5.74, 6) is -0.994. The molecule has 2 atom stereocenters. The lowest BCUT2D eigenvalue weighted by atomic mass is 10.1. The predicted octanol–water partition coefficient (Wildman–Crippen LogP) is 11.5. The normalized spacial score (nSPS) is 14.7. The van der Waals surface area contributed by atoms with Crippen LogP contribution in [0.25, 0.3) is 0 Å². The third kappa shape index (κ3) is 36.3. The van der Waals surface area contributed by atoms with Gasteiger partial charge in [-0.2, -0.15) is 0 Å². The van der Waals surface area contributed by atoms with E-state index in [1.807, 2.05) is 12.2 Å². The average molecular weight is 729 g/mol. The molecule has 2 unspecified atom stereocenters. The predicted molar refractivity (Wildman–Crippen MR) is 211 cm³/mol. The van der Waals surface area contributed by atoms with Gasteiger partial charge in [0.15, 0.2) is 6.10 Å². The lowest BCUT2D eigenvalue weighted by Gasteiger charge is -2.19. The van der Waals surface area contributed by atoms with Gasteiger partial charge < -0.3 is 14.4 Å². The smallest absolute Gasteiger partial charge is 0.462 e. The first-order valence-corrected chi connectivity index (χ1v) is 20.1. The molecule has 0 fully saturated rings. The Hall–Kier alpha value is -3.29. The van der Waals surface area contributed by atoms with E-state index in [1.54, 1.807) is 6.08 Å². The highest BCUT2D eigenvalue weighted by Crippen LogP contribution is 2.42. The summed E-state index contributed by atoms with van der Waals surface area (Å²) in [4.78, 5) is 34.3. The van der Waals surface area contributed by atoms with Gasteiger partial charge in [-0.25, -0.2) is 4.57 Å². The van der Waals surface area contributed by atoms with E-state index in [0.29, 0.717) is 12.8 Å². The fraction of sp³-hybridized carbons (Fsp3) is 0.524. The first-order chi connectivity index (χ1) is 24.8. The van der Waals surface area contributed by atoms with Crippen molar-refractivity contribution in [2.45, 2.75) is 123 Å². The molecule has 0 saturated carbocycles. The van der Waals surface area contributed by atoms with Crippen molar-refractivity contribution in [2.24, 2.45) is 0 Å². The summed E-state index contributed by atoms with van der Waals surface area (Å²) >= 11 is 0. The number of carbonyl (C=O) groups excluding carboxylic acids is 2. The number of carbonyl (C=O) groups is 2. The summed E-state index contributed by atoms with van der Waals surface area (Å²) in [6, 6.07) is 0. The molecule has 51 heavy (non-hydrogen) atoms. The fourth-order valence-electron chi connectivity index (χ4n) is 4.25. The fourth-order valence-corrected chi connectivity index (χ4v) is 4.71. The second kappa shape index (κ2) is 36.5. The van der Waals surface area contributed by atoms with E-state index in [1.165, 1.54) is 0 Å². The highest BCUT2D eigenvalue weighted by molar-refractivity contribution is 7.47. The molecule has 8 nitrogen and oxygen atoms in total. The van der Waals surface area contributed by atoms with E-state index in [9.17, 15) is 19.0 Å². The third-order valence-corrected chi connectivity index (χ3v) is 7.98. The minimum absolute atomic E-state index is 0.0000546. The number of phosphoric ester groups is 1. The Morgan fingerprint density at radius 1 is 0.569 bits per heavy atom. The van der Waals surface area contributed by atoms with Crippen LogP contribution in [-0.4, -0.2) is 43.3 Å². The molecule has 0 aliphatic carbocycles. The molecule has 0 bridgehead atoms. The van der Waals surface area contributed by atoms with Crippen LogP contribution in [0, 0.1) is 0 Å². The molecule has 0 rings (SSSR count). The molecule has 1 N–H and O–H groups in total. The number of allylic oxidation sites excluding steroid dienone is 17. The number of rotatable bonds is 32. The van der Waals surface area contributed by atoms with Gasteiger partial charge in [-0.1, -0.05) is 136 Å². The highest BCUT2D eigenvalue weighted by atomic mass is 31.2. The number of phosphoric acid groups is 1. The minimum Gasteiger partial charge on any atom is -0.462 e. The van der Waals surface area contributed by atoms with Gasteiger partial charge in [0.2, 0.25) is 0 Å². The van der Waals surface area contributed by atoms with E-state index in [4.69, 9.17) is 14.0 Å². The van der Waals surface area contributed by atoms with Gasteiger partial charge in [0, 0.05) is 13.5 Å². The zero-order chi connectivity index (χ0) is 37.5. The van der Waals surface area contributed by atoms with Crippen LogP contribution < -0.4 is 0 Å². The first-order valence-electron chi connectivity index (χ1n) is 18.6. The summed E-state index contributed by atoms with van der Waals surface area (Å²) in [7, 11) is -3.26.